The SMILES string of the molecule is Fc1ccc(CNCc2ccc3c(c2)OCCCO3)cc1. The van der Waals surface area contributed by atoms with E-state index < -0.39 is 0 Å². The first-order chi connectivity index (χ1) is 10.3. The molecule has 3 nitrogen and oxygen atoms in total. The van der Waals surface area contributed by atoms with Crippen LogP contribution in [-0.2, 0) is 13.1 Å². The number of rotatable bonds is 4. The number of ether oxygens (including phenoxy) is 2. The first-order valence-electron chi connectivity index (χ1n) is 7.15. The van der Waals surface area contributed by atoms with Gasteiger partial charge in [-0.05, 0) is 35.4 Å². The number of fused-ring (bicyclic) bond motifs is 1. The molecule has 4 heteroatoms. The lowest BCUT2D eigenvalue weighted by atomic mass is 10.2. The van der Waals surface area contributed by atoms with E-state index in [1.165, 1.54) is 12.1 Å². The van der Waals surface area contributed by atoms with E-state index in [1.54, 1.807) is 12.1 Å². The van der Waals surface area contributed by atoms with E-state index in [2.05, 4.69) is 5.32 Å². The van der Waals surface area contributed by atoms with Crippen LogP contribution in [0, 0.1) is 5.82 Å². The van der Waals surface area contributed by atoms with E-state index in [9.17, 15) is 4.39 Å². The zero-order chi connectivity index (χ0) is 14.5. The van der Waals surface area contributed by atoms with Gasteiger partial charge in [0.2, 0.25) is 0 Å². The molecule has 0 saturated carbocycles. The second-order valence-electron chi connectivity index (χ2n) is 5.06. The van der Waals surface area contributed by atoms with Crippen LogP contribution in [0.5, 0.6) is 11.5 Å². The van der Waals surface area contributed by atoms with Gasteiger partial charge in [0.05, 0.1) is 13.2 Å². The van der Waals surface area contributed by atoms with Crippen LogP contribution in [0.1, 0.15) is 17.5 Å². The minimum Gasteiger partial charge on any atom is -0.490 e. The van der Waals surface area contributed by atoms with Crippen molar-refractivity contribution in [3.05, 3.63) is 59.4 Å². The molecule has 110 valence electrons. The van der Waals surface area contributed by atoms with Gasteiger partial charge >= 0.3 is 0 Å². The quantitative estimate of drug-likeness (QED) is 0.936. The average Bonchev–Trinajstić information content (AvgIpc) is 2.74. The molecule has 1 aliphatic rings. The fourth-order valence-electron chi connectivity index (χ4n) is 2.27. The molecule has 1 aliphatic heterocycles. The molecule has 0 unspecified atom stereocenters. The molecule has 0 bridgehead atoms. The van der Waals surface area contributed by atoms with E-state index in [0.29, 0.717) is 19.8 Å². The number of hydrogen-bond donors (Lipinski definition) is 1. The summed E-state index contributed by atoms with van der Waals surface area (Å²) in [6, 6.07) is 12.5. The summed E-state index contributed by atoms with van der Waals surface area (Å²) in [6.07, 6.45) is 0.910. The zero-order valence-corrected chi connectivity index (χ0v) is 11.8. The molecule has 2 aromatic carbocycles. The molecule has 0 spiro atoms. The first-order valence-corrected chi connectivity index (χ1v) is 7.15. The molecule has 0 fully saturated rings. The van der Waals surface area contributed by atoms with Gasteiger partial charge in [-0.15, -0.1) is 0 Å². The lowest BCUT2D eigenvalue weighted by Crippen LogP contribution is -2.12. The smallest absolute Gasteiger partial charge is 0.161 e. The fraction of sp³-hybridized carbons (Fsp3) is 0.294. The Morgan fingerprint density at radius 2 is 1.52 bits per heavy atom. The van der Waals surface area contributed by atoms with Crippen molar-refractivity contribution in [2.24, 2.45) is 0 Å². The summed E-state index contributed by atoms with van der Waals surface area (Å²) in [5.74, 6) is 1.42. The fourth-order valence-corrected chi connectivity index (χ4v) is 2.27. The molecule has 0 aromatic heterocycles. The molecule has 1 N–H and O–H groups in total. The number of benzene rings is 2. The lowest BCUT2D eigenvalue weighted by Gasteiger charge is -2.10. The van der Waals surface area contributed by atoms with Crippen LogP contribution in [0.4, 0.5) is 4.39 Å². The maximum atomic E-state index is 12.8. The topological polar surface area (TPSA) is 30.5 Å². The molecular weight excluding hydrogens is 269 g/mol. The van der Waals surface area contributed by atoms with Gasteiger partial charge in [-0.3, -0.25) is 0 Å². The van der Waals surface area contributed by atoms with Gasteiger partial charge in [0.15, 0.2) is 11.5 Å². The molecule has 0 radical (unpaired) electrons. The highest BCUT2D eigenvalue weighted by Crippen LogP contribution is 2.30. The van der Waals surface area contributed by atoms with Crippen LogP contribution in [0.2, 0.25) is 0 Å². The Hall–Kier alpha value is -2.07. The van der Waals surface area contributed by atoms with E-state index in [0.717, 1.165) is 35.6 Å². The number of nitrogens with one attached hydrogen (secondary N) is 1. The predicted molar refractivity (Wildman–Crippen MR) is 79.0 cm³/mol. The third-order valence-electron chi connectivity index (χ3n) is 3.38. The van der Waals surface area contributed by atoms with Crippen molar-refractivity contribution < 1.29 is 13.9 Å². The zero-order valence-electron chi connectivity index (χ0n) is 11.8. The summed E-state index contributed by atoms with van der Waals surface area (Å²) in [7, 11) is 0. The highest BCUT2D eigenvalue weighted by Gasteiger charge is 2.10. The lowest BCUT2D eigenvalue weighted by molar-refractivity contribution is 0.297. The van der Waals surface area contributed by atoms with E-state index in [4.69, 9.17) is 9.47 Å². The molecule has 21 heavy (non-hydrogen) atoms. The Morgan fingerprint density at radius 3 is 2.33 bits per heavy atom. The summed E-state index contributed by atoms with van der Waals surface area (Å²) in [5, 5.41) is 3.34. The van der Waals surface area contributed by atoms with Crippen molar-refractivity contribution >= 4 is 0 Å². The first kappa shape index (κ1) is 13.9. The molecular formula is C17H18FNO2. The molecule has 0 aliphatic carbocycles. The standard InChI is InChI=1S/C17H18FNO2/c18-15-5-2-13(3-6-15)11-19-12-14-4-7-16-17(10-14)21-9-1-8-20-16/h2-7,10,19H,1,8-9,11-12H2. The summed E-state index contributed by atoms with van der Waals surface area (Å²) in [4.78, 5) is 0. The number of hydrogen-bond acceptors (Lipinski definition) is 3. The average molecular weight is 287 g/mol. The molecule has 0 atom stereocenters. The highest BCUT2D eigenvalue weighted by atomic mass is 19.1. The largest absolute Gasteiger partial charge is 0.490 e. The molecule has 0 amide bonds. The van der Waals surface area contributed by atoms with Gasteiger partial charge in [-0.2, -0.15) is 0 Å². The maximum absolute atomic E-state index is 12.8. The van der Waals surface area contributed by atoms with E-state index in [1.807, 2.05) is 18.2 Å². The van der Waals surface area contributed by atoms with Crippen LogP contribution in [0.15, 0.2) is 42.5 Å². The van der Waals surface area contributed by atoms with Crippen LogP contribution < -0.4 is 14.8 Å². The molecule has 3 rings (SSSR count). The van der Waals surface area contributed by atoms with Crippen molar-refractivity contribution in [2.75, 3.05) is 13.2 Å². The molecule has 1 heterocycles. The van der Waals surface area contributed by atoms with Gasteiger partial charge in [0.25, 0.3) is 0 Å². The van der Waals surface area contributed by atoms with Crippen LogP contribution >= 0.6 is 0 Å². The van der Waals surface area contributed by atoms with E-state index in [-0.39, 0.29) is 5.82 Å². The Balaban J connectivity index is 1.58. The van der Waals surface area contributed by atoms with Crippen molar-refractivity contribution in [1.29, 1.82) is 0 Å². The number of halogens is 1. The van der Waals surface area contributed by atoms with Crippen LogP contribution in [-0.4, -0.2) is 13.2 Å². The summed E-state index contributed by atoms with van der Waals surface area (Å²) in [6.45, 7) is 2.83. The Kier molecular flexibility index (Phi) is 4.36. The van der Waals surface area contributed by atoms with Crippen molar-refractivity contribution in [1.82, 2.24) is 5.32 Å². The Labute approximate surface area is 123 Å². The molecule has 2 aromatic rings. The van der Waals surface area contributed by atoms with Gasteiger partial charge in [0.1, 0.15) is 5.82 Å². The Morgan fingerprint density at radius 1 is 0.857 bits per heavy atom. The highest BCUT2D eigenvalue weighted by molar-refractivity contribution is 5.43. The van der Waals surface area contributed by atoms with E-state index >= 15 is 0 Å². The Bertz CT molecular complexity index is 598. The monoisotopic (exact) mass is 287 g/mol. The minimum atomic E-state index is -0.207. The van der Waals surface area contributed by atoms with Gasteiger partial charge < -0.3 is 14.8 Å². The summed E-state index contributed by atoms with van der Waals surface area (Å²) >= 11 is 0. The predicted octanol–water partition coefficient (Wildman–Crippen LogP) is 3.28. The van der Waals surface area contributed by atoms with Gasteiger partial charge in [0, 0.05) is 19.5 Å². The summed E-state index contributed by atoms with van der Waals surface area (Å²) in [5.41, 5.74) is 2.20. The second-order valence-corrected chi connectivity index (χ2v) is 5.06. The summed E-state index contributed by atoms with van der Waals surface area (Å²) < 4.78 is 24.1. The third kappa shape index (κ3) is 3.73. The van der Waals surface area contributed by atoms with Gasteiger partial charge in [-0.1, -0.05) is 18.2 Å². The van der Waals surface area contributed by atoms with Crippen molar-refractivity contribution in [3.63, 3.8) is 0 Å². The van der Waals surface area contributed by atoms with Gasteiger partial charge in [-0.25, -0.2) is 4.39 Å². The maximum Gasteiger partial charge on any atom is 0.161 e. The molecule has 0 saturated heterocycles. The van der Waals surface area contributed by atoms with Crippen LogP contribution in [0.3, 0.4) is 0 Å². The third-order valence-corrected chi connectivity index (χ3v) is 3.38. The second kappa shape index (κ2) is 6.59. The minimum absolute atomic E-state index is 0.207. The van der Waals surface area contributed by atoms with Crippen molar-refractivity contribution in [2.45, 2.75) is 19.5 Å². The van der Waals surface area contributed by atoms with Crippen LogP contribution in [0.25, 0.3) is 0 Å². The normalized spacial score (nSPS) is 13.8. The van der Waals surface area contributed by atoms with Crippen molar-refractivity contribution in [3.8, 4) is 11.5 Å².